The molecular formula is C5H16O4. The fourth-order valence-corrected chi connectivity index (χ4v) is 0. The standard InChI is InChI=1S/C2H6O2.C2H4O.CH4.H2O/c3-1-2-4;1-2-3;;/h3-4H,1-2H2;2H,1H3;1H4;1H2. The van der Waals surface area contributed by atoms with E-state index in [0.29, 0.717) is 0 Å². The van der Waals surface area contributed by atoms with Crippen LogP contribution in [0, 0.1) is 0 Å². The van der Waals surface area contributed by atoms with E-state index in [0.717, 1.165) is 6.29 Å². The Labute approximate surface area is 55.4 Å². The number of carbonyl (C=O) groups is 1. The Morgan fingerprint density at radius 1 is 1.33 bits per heavy atom. The lowest BCUT2D eigenvalue weighted by Gasteiger charge is -1.70. The van der Waals surface area contributed by atoms with E-state index in [-0.39, 0.29) is 26.1 Å². The van der Waals surface area contributed by atoms with E-state index in [1.54, 1.807) is 0 Å². The maximum absolute atomic E-state index is 8.81. The van der Waals surface area contributed by atoms with Crippen LogP contribution in [0.2, 0.25) is 0 Å². The maximum Gasteiger partial charge on any atom is 0.116 e. The highest BCUT2D eigenvalue weighted by Crippen LogP contribution is 1.39. The number of carbonyl (C=O) groups excluding carboxylic acids is 1. The van der Waals surface area contributed by atoms with Gasteiger partial charge in [0.1, 0.15) is 6.29 Å². The summed E-state index contributed by atoms with van der Waals surface area (Å²) in [4.78, 5) is 8.81. The minimum absolute atomic E-state index is 0. The number of hydrogen-bond acceptors (Lipinski definition) is 3. The largest absolute Gasteiger partial charge is 0.412 e. The van der Waals surface area contributed by atoms with E-state index in [2.05, 4.69) is 0 Å². The van der Waals surface area contributed by atoms with Gasteiger partial charge in [-0.3, -0.25) is 0 Å². The molecule has 0 aliphatic rings. The predicted octanol–water partition coefficient (Wildman–Crippen LogP) is -1.01. The molecule has 0 amide bonds. The summed E-state index contributed by atoms with van der Waals surface area (Å²) < 4.78 is 0. The number of aldehydes is 1. The zero-order valence-corrected chi connectivity index (χ0v) is 4.79. The van der Waals surface area contributed by atoms with E-state index in [4.69, 9.17) is 15.0 Å². The topological polar surface area (TPSA) is 89.0 Å². The Bertz CT molecular complexity index is 28.1. The molecule has 4 heteroatoms. The molecule has 0 heterocycles. The Hall–Kier alpha value is -0.450. The van der Waals surface area contributed by atoms with Crippen LogP contribution in [0.1, 0.15) is 14.4 Å². The highest BCUT2D eigenvalue weighted by Gasteiger charge is 1.58. The van der Waals surface area contributed by atoms with Crippen molar-refractivity contribution in [3.8, 4) is 0 Å². The van der Waals surface area contributed by atoms with Crippen LogP contribution in [-0.2, 0) is 4.79 Å². The molecule has 0 aromatic heterocycles. The van der Waals surface area contributed by atoms with Crippen molar-refractivity contribution >= 4 is 6.29 Å². The maximum atomic E-state index is 8.81. The summed E-state index contributed by atoms with van der Waals surface area (Å²) in [5.74, 6) is 0. The van der Waals surface area contributed by atoms with Gasteiger partial charge in [0.25, 0.3) is 0 Å². The summed E-state index contributed by atoms with van der Waals surface area (Å²) in [6.45, 7) is 1.19. The van der Waals surface area contributed by atoms with E-state index in [9.17, 15) is 0 Å². The Morgan fingerprint density at radius 2 is 1.44 bits per heavy atom. The van der Waals surface area contributed by atoms with Gasteiger partial charge in [0.15, 0.2) is 0 Å². The van der Waals surface area contributed by atoms with Crippen molar-refractivity contribution < 1.29 is 20.5 Å². The summed E-state index contributed by atoms with van der Waals surface area (Å²) in [6, 6.07) is 0. The number of hydrogen-bond donors (Lipinski definition) is 2. The van der Waals surface area contributed by atoms with Crippen molar-refractivity contribution in [3.05, 3.63) is 0 Å². The summed E-state index contributed by atoms with van der Waals surface area (Å²) in [6.07, 6.45) is 0.750. The van der Waals surface area contributed by atoms with E-state index >= 15 is 0 Å². The lowest BCUT2D eigenvalue weighted by atomic mass is 10.8. The van der Waals surface area contributed by atoms with E-state index in [1.165, 1.54) is 6.92 Å². The molecule has 0 aliphatic heterocycles. The highest BCUT2D eigenvalue weighted by atomic mass is 16.3. The van der Waals surface area contributed by atoms with Gasteiger partial charge in [-0.1, -0.05) is 7.43 Å². The Morgan fingerprint density at radius 3 is 1.44 bits per heavy atom. The van der Waals surface area contributed by atoms with Crippen LogP contribution in [0.5, 0.6) is 0 Å². The zero-order valence-electron chi connectivity index (χ0n) is 4.79. The Balaban J connectivity index is -0.0000000233. The molecule has 0 aliphatic carbocycles. The fraction of sp³-hybridized carbons (Fsp3) is 0.800. The van der Waals surface area contributed by atoms with Crippen molar-refractivity contribution in [1.29, 1.82) is 0 Å². The van der Waals surface area contributed by atoms with Crippen LogP contribution in [0.4, 0.5) is 0 Å². The summed E-state index contributed by atoms with van der Waals surface area (Å²) in [5.41, 5.74) is 0. The summed E-state index contributed by atoms with van der Waals surface area (Å²) >= 11 is 0. The molecule has 9 heavy (non-hydrogen) atoms. The smallest absolute Gasteiger partial charge is 0.116 e. The monoisotopic (exact) mass is 140 g/mol. The van der Waals surface area contributed by atoms with Gasteiger partial charge in [-0.15, -0.1) is 0 Å². The molecule has 0 saturated carbocycles. The first-order valence-corrected chi connectivity index (χ1v) is 1.95. The molecule has 60 valence electrons. The second-order valence-electron chi connectivity index (χ2n) is 0.683. The quantitative estimate of drug-likeness (QED) is 0.457. The predicted molar refractivity (Wildman–Crippen MR) is 36.3 cm³/mol. The van der Waals surface area contributed by atoms with Gasteiger partial charge < -0.3 is 20.5 Å². The van der Waals surface area contributed by atoms with Crippen LogP contribution < -0.4 is 0 Å². The average molecular weight is 140 g/mol. The molecule has 0 spiro atoms. The first-order chi connectivity index (χ1) is 3.33. The van der Waals surface area contributed by atoms with Gasteiger partial charge in [-0.05, 0) is 6.92 Å². The third-order valence-corrected chi connectivity index (χ3v) is 0.1000. The summed E-state index contributed by atoms with van der Waals surface area (Å²) in [7, 11) is 0. The Kier molecular flexibility index (Phi) is 130. The van der Waals surface area contributed by atoms with Crippen LogP contribution in [0.25, 0.3) is 0 Å². The first kappa shape index (κ1) is 23.5. The van der Waals surface area contributed by atoms with Gasteiger partial charge in [0.05, 0.1) is 13.2 Å². The zero-order chi connectivity index (χ0) is 6.12. The molecule has 4 nitrogen and oxygen atoms in total. The van der Waals surface area contributed by atoms with Crippen LogP contribution in [0.15, 0.2) is 0 Å². The van der Waals surface area contributed by atoms with Gasteiger partial charge in [0, 0.05) is 0 Å². The normalized spacial score (nSPS) is 4.78. The molecule has 0 saturated heterocycles. The minimum Gasteiger partial charge on any atom is -0.412 e. The first-order valence-electron chi connectivity index (χ1n) is 1.95. The van der Waals surface area contributed by atoms with Gasteiger partial charge in [-0.2, -0.15) is 0 Å². The third kappa shape index (κ3) is 769. The molecule has 0 radical (unpaired) electrons. The van der Waals surface area contributed by atoms with Gasteiger partial charge in [0.2, 0.25) is 0 Å². The number of rotatable bonds is 1. The van der Waals surface area contributed by atoms with Crippen molar-refractivity contribution in [2.24, 2.45) is 0 Å². The van der Waals surface area contributed by atoms with Crippen molar-refractivity contribution in [3.63, 3.8) is 0 Å². The average Bonchev–Trinajstić information content (AvgIpc) is 1.69. The molecule has 0 atom stereocenters. The lowest BCUT2D eigenvalue weighted by molar-refractivity contribution is -0.106. The fourth-order valence-electron chi connectivity index (χ4n) is 0. The molecule has 0 bridgehead atoms. The van der Waals surface area contributed by atoms with Gasteiger partial charge >= 0.3 is 0 Å². The number of aliphatic hydroxyl groups is 2. The SMILES string of the molecule is C.CC=O.O.OCCO. The molecule has 0 fully saturated rings. The second kappa shape index (κ2) is 49.8. The highest BCUT2D eigenvalue weighted by molar-refractivity contribution is 5.44. The molecule has 0 rings (SSSR count). The molecule has 0 aromatic carbocycles. The van der Waals surface area contributed by atoms with Crippen molar-refractivity contribution in [1.82, 2.24) is 0 Å². The molecule has 4 N–H and O–H groups in total. The molecule has 0 aromatic rings. The molecular weight excluding hydrogens is 124 g/mol. The van der Waals surface area contributed by atoms with E-state index < -0.39 is 0 Å². The second-order valence-corrected chi connectivity index (χ2v) is 0.683. The molecule has 0 unspecified atom stereocenters. The summed E-state index contributed by atoms with van der Waals surface area (Å²) in [5, 5.41) is 15.2. The van der Waals surface area contributed by atoms with E-state index in [1.807, 2.05) is 0 Å². The van der Waals surface area contributed by atoms with Crippen LogP contribution >= 0.6 is 0 Å². The van der Waals surface area contributed by atoms with Crippen molar-refractivity contribution in [2.45, 2.75) is 14.4 Å². The van der Waals surface area contributed by atoms with Crippen LogP contribution in [0.3, 0.4) is 0 Å². The van der Waals surface area contributed by atoms with Gasteiger partial charge in [-0.25, -0.2) is 0 Å². The minimum atomic E-state index is -0.125. The van der Waals surface area contributed by atoms with Crippen molar-refractivity contribution in [2.75, 3.05) is 13.2 Å². The van der Waals surface area contributed by atoms with Crippen LogP contribution in [-0.4, -0.2) is 35.2 Å². The third-order valence-electron chi connectivity index (χ3n) is 0.1000. The number of aliphatic hydroxyl groups excluding tert-OH is 2. The lowest BCUT2D eigenvalue weighted by Crippen LogP contribution is -1.85.